The number of aliphatic hydroxyl groups excluding tert-OH is 1. The number of allylic oxidation sites excluding steroid dienone is 1. The fourth-order valence-electron chi connectivity index (χ4n) is 0.502. The van der Waals surface area contributed by atoms with Crippen LogP contribution in [0.15, 0.2) is 18.2 Å². The summed E-state index contributed by atoms with van der Waals surface area (Å²) < 4.78 is 25.1. The van der Waals surface area contributed by atoms with E-state index < -0.39 is 12.0 Å². The minimum atomic E-state index is -3.25. The van der Waals surface area contributed by atoms with E-state index in [2.05, 4.69) is 0 Å². The lowest BCUT2D eigenvalue weighted by molar-refractivity contribution is -0.0451. The molecule has 0 aromatic rings. The van der Waals surface area contributed by atoms with Gasteiger partial charge in [-0.05, 0) is 18.6 Å². The summed E-state index contributed by atoms with van der Waals surface area (Å²) in [5.74, 6) is -3.25. The van der Waals surface area contributed by atoms with E-state index in [4.69, 9.17) is 11.7 Å². The Bertz CT molecular complexity index is 152. The molecule has 11 heavy (non-hydrogen) atoms. The summed E-state index contributed by atoms with van der Waals surface area (Å²) in [7, 11) is 0. The van der Waals surface area contributed by atoms with Crippen LogP contribution in [0.25, 0.3) is 0 Å². The summed E-state index contributed by atoms with van der Waals surface area (Å²) in [5, 5.41) is 8.63. The van der Waals surface area contributed by atoms with Crippen LogP contribution in [0.5, 0.6) is 0 Å². The molecule has 1 nitrogen and oxygen atoms in total. The Kier molecular flexibility index (Phi) is 3.97. The van der Waals surface area contributed by atoms with Crippen molar-refractivity contribution in [2.75, 3.05) is 0 Å². The van der Waals surface area contributed by atoms with Gasteiger partial charge in [0.05, 0.1) is 0 Å². The molecule has 0 bridgehead atoms. The molecule has 0 aromatic heterocycles. The highest BCUT2D eigenvalue weighted by atomic mass is 19.3. The molecule has 0 heterocycles. The Morgan fingerprint density at radius 1 is 1.64 bits per heavy atom. The van der Waals surface area contributed by atoms with Crippen LogP contribution in [0.1, 0.15) is 13.3 Å². The van der Waals surface area contributed by atoms with Gasteiger partial charge in [0, 0.05) is 0 Å². The zero-order valence-corrected chi connectivity index (χ0v) is 6.30. The topological polar surface area (TPSA) is 20.2 Å². The van der Waals surface area contributed by atoms with E-state index in [0.29, 0.717) is 18.6 Å². The molecule has 0 saturated carbocycles. The zero-order chi connectivity index (χ0) is 8.91. The lowest BCUT2D eigenvalue weighted by Gasteiger charge is -2.14. The molecule has 1 N–H and O–H groups in total. The summed E-state index contributed by atoms with van der Waals surface area (Å²) in [6, 6.07) is 0. The molecule has 1 atom stereocenters. The Morgan fingerprint density at radius 3 is 2.55 bits per heavy atom. The van der Waals surface area contributed by atoms with E-state index in [0.717, 1.165) is 0 Å². The van der Waals surface area contributed by atoms with Crippen molar-refractivity contribution in [3.05, 3.63) is 24.8 Å². The fraction of sp³-hybridized carbons (Fsp3) is 0.500. The van der Waals surface area contributed by atoms with Crippen LogP contribution in [-0.4, -0.2) is 17.1 Å². The summed E-state index contributed by atoms with van der Waals surface area (Å²) in [6.07, 6.45) is 1.12. The maximum absolute atomic E-state index is 12.6. The minimum Gasteiger partial charge on any atom is -0.382 e. The van der Waals surface area contributed by atoms with Crippen molar-refractivity contribution >= 4 is 0 Å². The molecule has 0 aliphatic rings. The second-order valence-corrected chi connectivity index (χ2v) is 2.12. The van der Waals surface area contributed by atoms with Gasteiger partial charge in [-0.1, -0.05) is 19.6 Å². The molecule has 0 spiro atoms. The second kappa shape index (κ2) is 4.23. The van der Waals surface area contributed by atoms with Crippen LogP contribution in [0.4, 0.5) is 8.78 Å². The van der Waals surface area contributed by atoms with Gasteiger partial charge in [0.2, 0.25) is 0 Å². The number of alkyl halides is 2. The highest BCUT2D eigenvalue weighted by Gasteiger charge is 2.32. The fourth-order valence-corrected chi connectivity index (χ4v) is 0.502. The van der Waals surface area contributed by atoms with Gasteiger partial charge in [0.1, 0.15) is 6.10 Å². The Hall–Kier alpha value is -0.700. The van der Waals surface area contributed by atoms with Gasteiger partial charge in [-0.15, -0.1) is 0 Å². The van der Waals surface area contributed by atoms with Crippen molar-refractivity contribution in [3.63, 3.8) is 0 Å². The average molecular weight is 161 g/mol. The molecule has 3 heteroatoms. The van der Waals surface area contributed by atoms with E-state index in [1.54, 1.807) is 6.92 Å². The van der Waals surface area contributed by atoms with E-state index in [1.807, 2.05) is 0 Å². The molecule has 0 aliphatic carbocycles. The quantitative estimate of drug-likeness (QED) is 0.625. The molecule has 0 aromatic carbocycles. The number of halogens is 2. The van der Waals surface area contributed by atoms with E-state index >= 15 is 0 Å². The number of rotatable bonds is 4. The van der Waals surface area contributed by atoms with Gasteiger partial charge in [0.25, 0.3) is 5.92 Å². The molecule has 63 valence electrons. The molecule has 1 unspecified atom stereocenters. The standard InChI is InChI=1S/C8H11F2O/c1-3-5-6-8(9,10)7(11)4-2/h2,4-7,11H,3H2,1H3/b4-2?,6-5-. The van der Waals surface area contributed by atoms with Crippen molar-refractivity contribution in [1.29, 1.82) is 0 Å². The maximum atomic E-state index is 12.6. The van der Waals surface area contributed by atoms with Crippen molar-refractivity contribution in [3.8, 4) is 0 Å². The lowest BCUT2D eigenvalue weighted by Crippen LogP contribution is -2.28. The first-order chi connectivity index (χ1) is 5.04. The normalized spacial score (nSPS) is 15.3. The maximum Gasteiger partial charge on any atom is 0.295 e. The molecule has 0 amide bonds. The third kappa shape index (κ3) is 3.28. The van der Waals surface area contributed by atoms with Crippen molar-refractivity contribution in [2.24, 2.45) is 0 Å². The van der Waals surface area contributed by atoms with Gasteiger partial charge in [-0.25, -0.2) is 0 Å². The summed E-state index contributed by atoms with van der Waals surface area (Å²) >= 11 is 0. The largest absolute Gasteiger partial charge is 0.382 e. The monoisotopic (exact) mass is 161 g/mol. The van der Waals surface area contributed by atoms with Gasteiger partial charge in [-0.3, -0.25) is 0 Å². The molecule has 1 radical (unpaired) electrons. The first-order valence-electron chi connectivity index (χ1n) is 3.33. The lowest BCUT2D eigenvalue weighted by atomic mass is 10.1. The summed E-state index contributed by atoms with van der Waals surface area (Å²) in [4.78, 5) is 0. The number of hydrogen-bond donors (Lipinski definition) is 1. The van der Waals surface area contributed by atoms with Crippen molar-refractivity contribution in [2.45, 2.75) is 25.4 Å². The third-order valence-corrected chi connectivity index (χ3v) is 1.15. The van der Waals surface area contributed by atoms with Crippen molar-refractivity contribution < 1.29 is 13.9 Å². The number of hydrogen-bond acceptors (Lipinski definition) is 1. The average Bonchev–Trinajstić information content (AvgIpc) is 1.99. The molecule has 0 fully saturated rings. The van der Waals surface area contributed by atoms with Crippen LogP contribution >= 0.6 is 0 Å². The SMILES string of the molecule is [CH]=CC(O)C(F)(F)/C=C\CC. The van der Waals surface area contributed by atoms with Crippen LogP contribution in [0, 0.1) is 6.58 Å². The third-order valence-electron chi connectivity index (χ3n) is 1.15. The predicted molar refractivity (Wildman–Crippen MR) is 39.3 cm³/mol. The predicted octanol–water partition coefficient (Wildman–Crippen LogP) is 1.94. The molecule has 0 saturated heterocycles. The van der Waals surface area contributed by atoms with Crippen LogP contribution in [0.2, 0.25) is 0 Å². The smallest absolute Gasteiger partial charge is 0.295 e. The highest BCUT2D eigenvalue weighted by Crippen LogP contribution is 2.20. The van der Waals surface area contributed by atoms with Gasteiger partial charge >= 0.3 is 0 Å². The minimum absolute atomic E-state index is 0.507. The van der Waals surface area contributed by atoms with Crippen molar-refractivity contribution in [1.82, 2.24) is 0 Å². The van der Waals surface area contributed by atoms with Gasteiger partial charge in [-0.2, -0.15) is 8.78 Å². The first-order valence-corrected chi connectivity index (χ1v) is 3.33. The molecule has 0 rings (SSSR count). The van der Waals surface area contributed by atoms with Gasteiger partial charge < -0.3 is 5.11 Å². The molecular formula is C8H11F2O. The second-order valence-electron chi connectivity index (χ2n) is 2.12. The van der Waals surface area contributed by atoms with Crippen LogP contribution < -0.4 is 0 Å². The summed E-state index contributed by atoms with van der Waals surface area (Å²) in [6.45, 7) is 6.47. The molecule has 0 aliphatic heterocycles. The van der Waals surface area contributed by atoms with Crippen LogP contribution in [0.3, 0.4) is 0 Å². The highest BCUT2D eigenvalue weighted by molar-refractivity contribution is 5.03. The molecular weight excluding hydrogens is 150 g/mol. The zero-order valence-electron chi connectivity index (χ0n) is 6.30. The summed E-state index contributed by atoms with van der Waals surface area (Å²) in [5.41, 5.74) is 0. The Balaban J connectivity index is 4.19. The van der Waals surface area contributed by atoms with E-state index in [1.165, 1.54) is 6.08 Å². The first kappa shape index (κ1) is 10.3. The Morgan fingerprint density at radius 2 is 2.18 bits per heavy atom. The van der Waals surface area contributed by atoms with E-state index in [-0.39, 0.29) is 0 Å². The van der Waals surface area contributed by atoms with Gasteiger partial charge in [0.15, 0.2) is 0 Å². The Labute approximate surface area is 65.0 Å². The van der Waals surface area contributed by atoms with Crippen LogP contribution in [-0.2, 0) is 0 Å². The van der Waals surface area contributed by atoms with E-state index in [9.17, 15) is 8.78 Å². The number of aliphatic hydroxyl groups is 1.